The first-order chi connectivity index (χ1) is 8.59. The highest BCUT2D eigenvalue weighted by molar-refractivity contribution is 5.69. The van der Waals surface area contributed by atoms with Crippen molar-refractivity contribution in [3.05, 3.63) is 58.7 Å². The number of hydrogen-bond acceptors (Lipinski definition) is 0. The summed E-state index contributed by atoms with van der Waals surface area (Å²) in [6.45, 7) is 12.7. The third-order valence-corrected chi connectivity index (χ3v) is 3.42. The minimum atomic E-state index is 1.32. The number of hydrogen-bond donors (Lipinski definition) is 0. The molecular formula is C18H24. The molecule has 0 bridgehead atoms. The molecule has 2 rings (SSSR count). The van der Waals surface area contributed by atoms with Crippen molar-refractivity contribution in [2.45, 2.75) is 41.5 Å². The van der Waals surface area contributed by atoms with Crippen LogP contribution in [0.3, 0.4) is 0 Å². The van der Waals surface area contributed by atoms with Gasteiger partial charge in [0.2, 0.25) is 0 Å². The van der Waals surface area contributed by atoms with Crippen LogP contribution in [0.5, 0.6) is 0 Å². The van der Waals surface area contributed by atoms with Crippen molar-refractivity contribution in [3.63, 3.8) is 0 Å². The van der Waals surface area contributed by atoms with Gasteiger partial charge >= 0.3 is 0 Å². The highest BCUT2D eigenvalue weighted by atomic mass is 14.1. The van der Waals surface area contributed by atoms with Crippen LogP contribution in [0, 0.1) is 27.7 Å². The Bertz CT molecular complexity index is 522. The van der Waals surface area contributed by atoms with Crippen LogP contribution in [0.2, 0.25) is 0 Å². The van der Waals surface area contributed by atoms with E-state index in [0.29, 0.717) is 0 Å². The maximum absolute atomic E-state index is 2.27. The van der Waals surface area contributed by atoms with Gasteiger partial charge in [-0.25, -0.2) is 0 Å². The molecule has 18 heavy (non-hydrogen) atoms. The summed E-state index contributed by atoms with van der Waals surface area (Å²) in [5, 5.41) is 0. The standard InChI is InChI=1S/C16H18.C2H6/c1-11-8-9-15(10-13(11)3)16-7-5-6-12(2)14(16)4;1-2/h5-10H,1-4H3;1-2H3. The van der Waals surface area contributed by atoms with Gasteiger partial charge in [0, 0.05) is 0 Å². The fourth-order valence-corrected chi connectivity index (χ4v) is 1.97. The first kappa shape index (κ1) is 14.5. The van der Waals surface area contributed by atoms with Crippen molar-refractivity contribution in [1.82, 2.24) is 0 Å². The van der Waals surface area contributed by atoms with E-state index in [-0.39, 0.29) is 0 Å². The second kappa shape index (κ2) is 6.39. The molecule has 0 fully saturated rings. The van der Waals surface area contributed by atoms with Crippen LogP contribution in [0.4, 0.5) is 0 Å². The highest BCUT2D eigenvalue weighted by Crippen LogP contribution is 2.26. The number of aryl methyl sites for hydroxylation is 3. The maximum atomic E-state index is 2.27. The summed E-state index contributed by atoms with van der Waals surface area (Å²) in [5.41, 5.74) is 8.13. The minimum Gasteiger partial charge on any atom is -0.0683 e. The Morgan fingerprint density at radius 3 is 1.94 bits per heavy atom. The van der Waals surface area contributed by atoms with E-state index in [4.69, 9.17) is 0 Å². The van der Waals surface area contributed by atoms with Crippen molar-refractivity contribution >= 4 is 0 Å². The van der Waals surface area contributed by atoms with E-state index in [9.17, 15) is 0 Å². The van der Waals surface area contributed by atoms with Crippen LogP contribution in [-0.2, 0) is 0 Å². The zero-order valence-electron chi connectivity index (χ0n) is 12.5. The Kier molecular flexibility index (Phi) is 5.15. The molecule has 0 amide bonds. The topological polar surface area (TPSA) is 0 Å². The van der Waals surface area contributed by atoms with E-state index >= 15 is 0 Å². The molecule has 0 atom stereocenters. The molecule has 0 radical (unpaired) electrons. The molecule has 96 valence electrons. The van der Waals surface area contributed by atoms with Crippen molar-refractivity contribution in [2.24, 2.45) is 0 Å². The fraction of sp³-hybridized carbons (Fsp3) is 0.333. The number of rotatable bonds is 1. The summed E-state index contributed by atoms with van der Waals surface area (Å²) >= 11 is 0. The van der Waals surface area contributed by atoms with Gasteiger partial charge in [-0.15, -0.1) is 0 Å². The summed E-state index contributed by atoms with van der Waals surface area (Å²) in [5.74, 6) is 0. The van der Waals surface area contributed by atoms with E-state index in [0.717, 1.165) is 0 Å². The summed E-state index contributed by atoms with van der Waals surface area (Å²) in [6.07, 6.45) is 0. The van der Waals surface area contributed by atoms with Crippen LogP contribution in [-0.4, -0.2) is 0 Å². The Hall–Kier alpha value is -1.56. The Morgan fingerprint density at radius 1 is 0.667 bits per heavy atom. The van der Waals surface area contributed by atoms with E-state index < -0.39 is 0 Å². The molecule has 0 saturated carbocycles. The zero-order chi connectivity index (χ0) is 13.7. The highest BCUT2D eigenvalue weighted by Gasteiger charge is 2.04. The fourth-order valence-electron chi connectivity index (χ4n) is 1.97. The SMILES string of the molecule is CC.Cc1ccc(-c2cccc(C)c2C)cc1C. The summed E-state index contributed by atoms with van der Waals surface area (Å²) in [7, 11) is 0. The molecule has 2 aromatic carbocycles. The van der Waals surface area contributed by atoms with Gasteiger partial charge in [-0.2, -0.15) is 0 Å². The lowest BCUT2D eigenvalue weighted by Gasteiger charge is -2.10. The molecule has 0 spiro atoms. The molecule has 0 aliphatic rings. The monoisotopic (exact) mass is 240 g/mol. The largest absolute Gasteiger partial charge is 0.0683 e. The van der Waals surface area contributed by atoms with Crippen LogP contribution in [0.25, 0.3) is 11.1 Å². The lowest BCUT2D eigenvalue weighted by Crippen LogP contribution is -1.88. The predicted molar refractivity (Wildman–Crippen MR) is 82.2 cm³/mol. The Labute approximate surface area is 112 Å². The molecule has 0 heterocycles. The van der Waals surface area contributed by atoms with Gasteiger partial charge in [0.25, 0.3) is 0 Å². The Morgan fingerprint density at radius 2 is 1.33 bits per heavy atom. The van der Waals surface area contributed by atoms with Gasteiger partial charge in [-0.1, -0.05) is 50.2 Å². The van der Waals surface area contributed by atoms with Crippen molar-refractivity contribution in [3.8, 4) is 11.1 Å². The molecule has 0 N–H and O–H groups in total. The summed E-state index contributed by atoms with van der Waals surface area (Å²) in [6, 6.07) is 13.2. The lowest BCUT2D eigenvalue weighted by molar-refractivity contribution is 1.31. The van der Waals surface area contributed by atoms with Gasteiger partial charge < -0.3 is 0 Å². The number of benzene rings is 2. The average molecular weight is 240 g/mol. The van der Waals surface area contributed by atoms with E-state index in [1.165, 1.54) is 33.4 Å². The van der Waals surface area contributed by atoms with E-state index in [1.54, 1.807) is 0 Å². The zero-order valence-corrected chi connectivity index (χ0v) is 12.5. The minimum absolute atomic E-state index is 1.32. The third-order valence-electron chi connectivity index (χ3n) is 3.42. The first-order valence-corrected chi connectivity index (χ1v) is 6.73. The van der Waals surface area contributed by atoms with Gasteiger partial charge in [-0.3, -0.25) is 0 Å². The quantitative estimate of drug-likeness (QED) is 0.607. The van der Waals surface area contributed by atoms with Gasteiger partial charge in [-0.05, 0) is 61.1 Å². The van der Waals surface area contributed by atoms with Crippen LogP contribution in [0.1, 0.15) is 36.1 Å². The normalized spacial score (nSPS) is 9.67. The summed E-state index contributed by atoms with van der Waals surface area (Å²) in [4.78, 5) is 0. The van der Waals surface area contributed by atoms with E-state index in [2.05, 4.69) is 64.1 Å². The second-order valence-corrected chi connectivity index (χ2v) is 4.55. The summed E-state index contributed by atoms with van der Waals surface area (Å²) < 4.78 is 0. The predicted octanol–water partition coefficient (Wildman–Crippen LogP) is 5.61. The molecule has 0 unspecified atom stereocenters. The molecule has 0 heteroatoms. The molecule has 0 aromatic heterocycles. The molecule has 0 aliphatic carbocycles. The molecule has 0 nitrogen and oxygen atoms in total. The smallest absolute Gasteiger partial charge is 0.0152 e. The van der Waals surface area contributed by atoms with Crippen molar-refractivity contribution < 1.29 is 0 Å². The third kappa shape index (κ3) is 3.01. The van der Waals surface area contributed by atoms with Gasteiger partial charge in [0.1, 0.15) is 0 Å². The van der Waals surface area contributed by atoms with E-state index in [1.807, 2.05) is 13.8 Å². The van der Waals surface area contributed by atoms with Gasteiger partial charge in [0.05, 0.1) is 0 Å². The second-order valence-electron chi connectivity index (χ2n) is 4.55. The average Bonchev–Trinajstić information content (AvgIpc) is 2.39. The van der Waals surface area contributed by atoms with Crippen LogP contribution < -0.4 is 0 Å². The first-order valence-electron chi connectivity index (χ1n) is 6.73. The van der Waals surface area contributed by atoms with Crippen LogP contribution in [0.15, 0.2) is 36.4 Å². The lowest BCUT2D eigenvalue weighted by atomic mass is 9.95. The van der Waals surface area contributed by atoms with Crippen LogP contribution >= 0.6 is 0 Å². The maximum Gasteiger partial charge on any atom is -0.0152 e. The van der Waals surface area contributed by atoms with Gasteiger partial charge in [0.15, 0.2) is 0 Å². The van der Waals surface area contributed by atoms with Crippen molar-refractivity contribution in [1.29, 1.82) is 0 Å². The Balaban J connectivity index is 0.000000771. The molecular weight excluding hydrogens is 216 g/mol. The molecule has 0 aliphatic heterocycles. The van der Waals surface area contributed by atoms with Crippen molar-refractivity contribution in [2.75, 3.05) is 0 Å². The molecule has 0 saturated heterocycles. The molecule has 2 aromatic rings.